The minimum Gasteiger partial charge on any atom is -0.392 e. The second kappa shape index (κ2) is 8.46. The van der Waals surface area contributed by atoms with Gasteiger partial charge in [-0.05, 0) is 49.8 Å². The molecule has 0 spiro atoms. The number of hydrogen-bond acceptors (Lipinski definition) is 3. The maximum atomic E-state index is 12.2. The molecule has 1 fully saturated rings. The van der Waals surface area contributed by atoms with E-state index in [4.69, 9.17) is 0 Å². The monoisotopic (exact) mass is 318 g/mol. The van der Waals surface area contributed by atoms with Gasteiger partial charge in [-0.2, -0.15) is 0 Å². The van der Waals surface area contributed by atoms with Crippen LogP contribution in [0.25, 0.3) is 0 Å². The van der Waals surface area contributed by atoms with Crippen LogP contribution in [0.3, 0.4) is 0 Å². The number of aliphatic hydroxyl groups is 1. The number of β-amino-alcohol motifs (C(OH)–C–C–N with tert-alkyl or cyclic N) is 1. The number of likely N-dealkylation sites (tertiary alicyclic amines) is 1. The summed E-state index contributed by atoms with van der Waals surface area (Å²) in [5, 5.41) is 12.7. The maximum Gasteiger partial charge on any atom is 0.234 e. The van der Waals surface area contributed by atoms with Crippen molar-refractivity contribution in [2.24, 2.45) is 5.92 Å². The molecule has 1 saturated heterocycles. The molecule has 2 N–H and O–H groups in total. The van der Waals surface area contributed by atoms with E-state index in [1.54, 1.807) is 0 Å². The molecule has 0 radical (unpaired) electrons. The summed E-state index contributed by atoms with van der Waals surface area (Å²) < 4.78 is 0. The van der Waals surface area contributed by atoms with Crippen LogP contribution in [0, 0.1) is 5.92 Å². The van der Waals surface area contributed by atoms with Crippen molar-refractivity contribution >= 4 is 5.91 Å². The van der Waals surface area contributed by atoms with Gasteiger partial charge < -0.3 is 10.4 Å². The number of nitrogens with one attached hydrogen (secondary N) is 1. The van der Waals surface area contributed by atoms with Crippen LogP contribution in [0.5, 0.6) is 0 Å². The van der Waals surface area contributed by atoms with Crippen LogP contribution in [-0.2, 0) is 11.2 Å². The highest BCUT2D eigenvalue weighted by atomic mass is 16.3. The second-order valence-corrected chi connectivity index (χ2v) is 7.16. The first-order valence-electron chi connectivity index (χ1n) is 8.72. The molecular weight excluding hydrogens is 288 g/mol. The molecule has 4 heteroatoms. The van der Waals surface area contributed by atoms with E-state index in [0.717, 1.165) is 31.4 Å². The van der Waals surface area contributed by atoms with Crippen LogP contribution in [0.4, 0.5) is 0 Å². The number of carbonyl (C=O) groups is 1. The number of amides is 1. The molecule has 1 aliphatic heterocycles. The summed E-state index contributed by atoms with van der Waals surface area (Å²) in [5.74, 6) is 0.677. The first-order valence-corrected chi connectivity index (χ1v) is 8.72. The number of hydrogen-bond donors (Lipinski definition) is 2. The van der Waals surface area contributed by atoms with E-state index >= 15 is 0 Å². The molecule has 1 aromatic carbocycles. The molecular formula is C19H30N2O2. The smallest absolute Gasteiger partial charge is 0.234 e. The molecule has 0 aromatic heterocycles. The largest absolute Gasteiger partial charge is 0.392 e. The first kappa shape index (κ1) is 18.0. The third-order valence-corrected chi connectivity index (χ3v) is 4.35. The van der Waals surface area contributed by atoms with Crippen molar-refractivity contribution in [2.45, 2.75) is 52.2 Å². The van der Waals surface area contributed by atoms with Crippen LogP contribution in [0.2, 0.25) is 0 Å². The zero-order valence-electron chi connectivity index (χ0n) is 14.6. The topological polar surface area (TPSA) is 52.6 Å². The third kappa shape index (κ3) is 5.96. The lowest BCUT2D eigenvalue weighted by atomic mass is 10.00. The highest BCUT2D eigenvalue weighted by Crippen LogP contribution is 2.16. The van der Waals surface area contributed by atoms with E-state index in [0.29, 0.717) is 19.0 Å². The van der Waals surface area contributed by atoms with Crippen molar-refractivity contribution < 1.29 is 9.90 Å². The van der Waals surface area contributed by atoms with Gasteiger partial charge in [-0.15, -0.1) is 0 Å². The van der Waals surface area contributed by atoms with Gasteiger partial charge >= 0.3 is 0 Å². The number of rotatable bonds is 6. The van der Waals surface area contributed by atoms with Crippen molar-refractivity contribution in [3.63, 3.8) is 0 Å². The minimum atomic E-state index is -0.289. The van der Waals surface area contributed by atoms with Gasteiger partial charge in [0.1, 0.15) is 0 Å². The number of nitrogens with zero attached hydrogens (tertiary/aromatic N) is 1. The van der Waals surface area contributed by atoms with Gasteiger partial charge in [0.25, 0.3) is 0 Å². The Hall–Kier alpha value is -1.39. The average molecular weight is 318 g/mol. The SMILES string of the molecule is CC(C)Cc1ccc(C(C)NC(=O)CN2CCCC(O)C2)cc1. The van der Waals surface area contributed by atoms with Gasteiger partial charge in [-0.25, -0.2) is 0 Å². The Morgan fingerprint density at radius 3 is 2.61 bits per heavy atom. The Morgan fingerprint density at radius 2 is 2.00 bits per heavy atom. The Balaban J connectivity index is 1.83. The quantitative estimate of drug-likeness (QED) is 0.847. The second-order valence-electron chi connectivity index (χ2n) is 7.16. The molecule has 23 heavy (non-hydrogen) atoms. The Labute approximate surface area is 139 Å². The fourth-order valence-corrected chi connectivity index (χ4v) is 3.16. The van der Waals surface area contributed by atoms with E-state index in [-0.39, 0.29) is 18.1 Å². The molecule has 0 saturated carbocycles. The van der Waals surface area contributed by atoms with E-state index in [9.17, 15) is 9.90 Å². The van der Waals surface area contributed by atoms with Crippen molar-refractivity contribution in [3.05, 3.63) is 35.4 Å². The number of piperidine rings is 1. The van der Waals surface area contributed by atoms with Crippen LogP contribution < -0.4 is 5.32 Å². The number of carbonyl (C=O) groups excluding carboxylic acids is 1. The lowest BCUT2D eigenvalue weighted by Crippen LogP contribution is -2.44. The highest BCUT2D eigenvalue weighted by molar-refractivity contribution is 5.78. The molecule has 1 heterocycles. The van der Waals surface area contributed by atoms with Crippen molar-refractivity contribution in [3.8, 4) is 0 Å². The van der Waals surface area contributed by atoms with Gasteiger partial charge in [0, 0.05) is 6.54 Å². The summed E-state index contributed by atoms with van der Waals surface area (Å²) in [6.07, 6.45) is 2.60. The lowest BCUT2D eigenvalue weighted by Gasteiger charge is -2.29. The molecule has 128 valence electrons. The molecule has 2 unspecified atom stereocenters. The van der Waals surface area contributed by atoms with E-state index in [2.05, 4.69) is 43.4 Å². The number of benzene rings is 1. The van der Waals surface area contributed by atoms with E-state index < -0.39 is 0 Å². The summed E-state index contributed by atoms with van der Waals surface area (Å²) in [4.78, 5) is 14.2. The molecule has 1 aromatic rings. The standard InChI is InChI=1S/C19H30N2O2/c1-14(2)11-16-6-8-17(9-7-16)15(3)20-19(23)13-21-10-4-5-18(22)12-21/h6-9,14-15,18,22H,4-5,10-13H2,1-3H3,(H,20,23). The van der Waals surface area contributed by atoms with E-state index in [1.807, 2.05) is 11.8 Å². The van der Waals surface area contributed by atoms with Gasteiger partial charge in [-0.1, -0.05) is 38.1 Å². The molecule has 1 aliphatic rings. The summed E-state index contributed by atoms with van der Waals surface area (Å²) in [7, 11) is 0. The maximum absolute atomic E-state index is 12.2. The van der Waals surface area contributed by atoms with Crippen molar-refractivity contribution in [1.82, 2.24) is 10.2 Å². The predicted molar refractivity (Wildman–Crippen MR) is 93.2 cm³/mol. The van der Waals surface area contributed by atoms with Crippen LogP contribution in [0.1, 0.15) is 50.8 Å². The predicted octanol–water partition coefficient (Wildman–Crippen LogP) is 2.52. The van der Waals surface area contributed by atoms with Crippen LogP contribution in [-0.4, -0.2) is 41.7 Å². The fourth-order valence-electron chi connectivity index (χ4n) is 3.16. The van der Waals surface area contributed by atoms with Gasteiger partial charge in [0.2, 0.25) is 5.91 Å². The molecule has 2 rings (SSSR count). The summed E-state index contributed by atoms with van der Waals surface area (Å²) in [5.41, 5.74) is 2.47. The zero-order chi connectivity index (χ0) is 16.8. The Morgan fingerprint density at radius 1 is 1.30 bits per heavy atom. The van der Waals surface area contributed by atoms with E-state index in [1.165, 1.54) is 5.56 Å². The van der Waals surface area contributed by atoms with Crippen molar-refractivity contribution in [1.29, 1.82) is 0 Å². The Bertz CT molecular complexity index is 499. The molecule has 1 amide bonds. The molecule has 4 nitrogen and oxygen atoms in total. The summed E-state index contributed by atoms with van der Waals surface area (Å²) in [6, 6.07) is 8.52. The van der Waals surface area contributed by atoms with Crippen molar-refractivity contribution in [2.75, 3.05) is 19.6 Å². The van der Waals surface area contributed by atoms with Gasteiger partial charge in [0.15, 0.2) is 0 Å². The first-order chi connectivity index (χ1) is 10.9. The fraction of sp³-hybridized carbons (Fsp3) is 0.632. The molecule has 0 aliphatic carbocycles. The summed E-state index contributed by atoms with van der Waals surface area (Å²) >= 11 is 0. The van der Waals surface area contributed by atoms with Crippen LogP contribution >= 0.6 is 0 Å². The van der Waals surface area contributed by atoms with Gasteiger partial charge in [-0.3, -0.25) is 9.69 Å². The molecule has 2 atom stereocenters. The van der Waals surface area contributed by atoms with Gasteiger partial charge in [0.05, 0.1) is 18.7 Å². The zero-order valence-corrected chi connectivity index (χ0v) is 14.6. The summed E-state index contributed by atoms with van der Waals surface area (Å²) in [6.45, 7) is 8.31. The van der Waals surface area contributed by atoms with Crippen LogP contribution in [0.15, 0.2) is 24.3 Å². The normalized spacial score (nSPS) is 20.5. The lowest BCUT2D eigenvalue weighted by molar-refractivity contribution is -0.123. The minimum absolute atomic E-state index is 0.00492. The number of aliphatic hydroxyl groups excluding tert-OH is 1. The average Bonchev–Trinajstić information content (AvgIpc) is 2.47. The third-order valence-electron chi connectivity index (χ3n) is 4.35. The Kier molecular flexibility index (Phi) is 6.60. The molecule has 0 bridgehead atoms. The highest BCUT2D eigenvalue weighted by Gasteiger charge is 2.20.